The Morgan fingerprint density at radius 2 is 1.35 bits per heavy atom. The van der Waals surface area contributed by atoms with Crippen LogP contribution in [0.2, 0.25) is 0 Å². The topological polar surface area (TPSA) is 193 Å². The molecule has 9 N–H and O–H groups in total. The average molecular weight is 451 g/mol. The van der Waals surface area contributed by atoms with E-state index in [1.165, 1.54) is 0 Å². The van der Waals surface area contributed by atoms with Gasteiger partial charge in [0.1, 0.15) is 30.5 Å². The quantitative estimate of drug-likeness (QED) is 0.197. The van der Waals surface area contributed by atoms with Crippen LogP contribution in [0, 0.1) is 11.8 Å². The molecule has 4 rings (SSSR count). The standard InChI is InChI=1S/C20H34O11/c21-8-3-10(22)9-5-15(31-20-18(28)17(27)13(25)6-29-20)19(30-14(9)4-8)7-1-11(23)16(26)12(24)2-7/h7-28H,1-6H2/p+1/t7?,8?,9?,10?,11?,12?,13-,14?,15?,16?,17-,18+,19?,20+/m1/s1. The van der Waals surface area contributed by atoms with Gasteiger partial charge in [0.05, 0.1) is 36.9 Å². The Hall–Kier alpha value is -0.440. The molecule has 0 amide bonds. The first kappa shape index (κ1) is 23.7. The number of aliphatic hydroxyl groups excluding tert-OH is 8. The van der Waals surface area contributed by atoms with Gasteiger partial charge in [-0.1, -0.05) is 0 Å². The molecule has 0 spiro atoms. The maximum absolute atomic E-state index is 10.5. The molecule has 11 nitrogen and oxygen atoms in total. The monoisotopic (exact) mass is 451 g/mol. The molecule has 2 heterocycles. The van der Waals surface area contributed by atoms with Gasteiger partial charge in [0.2, 0.25) is 0 Å². The fraction of sp³-hybridized carbons (Fsp3) is 1.00. The second-order valence-corrected chi connectivity index (χ2v) is 9.58. The molecule has 2 aliphatic heterocycles. The zero-order valence-corrected chi connectivity index (χ0v) is 17.2. The van der Waals surface area contributed by atoms with Crippen molar-refractivity contribution in [3.63, 3.8) is 0 Å². The third-order valence-electron chi connectivity index (χ3n) is 7.39. The zero-order chi connectivity index (χ0) is 22.4. The van der Waals surface area contributed by atoms with Crippen LogP contribution >= 0.6 is 0 Å². The van der Waals surface area contributed by atoms with E-state index >= 15 is 0 Å². The van der Waals surface area contributed by atoms with Gasteiger partial charge in [-0.15, -0.1) is 0 Å². The summed E-state index contributed by atoms with van der Waals surface area (Å²) in [5, 5.41) is 80.8. The number of ether oxygens (including phenoxy) is 3. The van der Waals surface area contributed by atoms with E-state index in [0.717, 1.165) is 0 Å². The molecule has 2 aliphatic carbocycles. The minimum atomic E-state index is -1.48. The molecular formula is C20H35O11+. The van der Waals surface area contributed by atoms with Crippen molar-refractivity contribution in [2.45, 2.75) is 106 Å². The number of aliphatic hydroxyl groups is 10. The van der Waals surface area contributed by atoms with Crippen LogP contribution in [-0.2, 0) is 9.47 Å². The molecule has 0 aromatic heterocycles. The molecular weight excluding hydrogens is 416 g/mol. The van der Waals surface area contributed by atoms with Crippen LogP contribution < -0.4 is 0 Å². The summed E-state index contributed by atoms with van der Waals surface area (Å²) in [4.78, 5) is 0. The van der Waals surface area contributed by atoms with Crippen molar-refractivity contribution in [1.29, 1.82) is 0 Å². The third-order valence-corrected chi connectivity index (χ3v) is 7.39. The number of fused-ring (bicyclic) bond motifs is 1. The first-order chi connectivity index (χ1) is 14.7. The molecule has 12 atom stereocenters. The van der Waals surface area contributed by atoms with Crippen LogP contribution in [0.5, 0.6) is 0 Å². The van der Waals surface area contributed by atoms with Gasteiger partial charge in [0.25, 0.3) is 0 Å². The number of rotatable bonds is 3. The molecule has 0 radical (unpaired) electrons. The normalized spacial score (nSPS) is 56.1. The summed E-state index contributed by atoms with van der Waals surface area (Å²) in [5.41, 5.74) is 0. The first-order valence-corrected chi connectivity index (χ1v) is 11.1. The van der Waals surface area contributed by atoms with E-state index in [9.17, 15) is 40.9 Å². The van der Waals surface area contributed by atoms with Crippen molar-refractivity contribution in [3.8, 4) is 0 Å². The Labute approximate surface area is 179 Å². The zero-order valence-electron chi connectivity index (χ0n) is 17.2. The van der Waals surface area contributed by atoms with E-state index < -0.39 is 67.3 Å². The van der Waals surface area contributed by atoms with E-state index in [4.69, 9.17) is 14.2 Å². The van der Waals surface area contributed by atoms with Crippen LogP contribution in [0.3, 0.4) is 0 Å². The Kier molecular flexibility index (Phi) is 7.21. The van der Waals surface area contributed by atoms with Crippen molar-refractivity contribution >= 4 is 0 Å². The predicted molar refractivity (Wildman–Crippen MR) is 103 cm³/mol. The van der Waals surface area contributed by atoms with Crippen LogP contribution in [0.15, 0.2) is 0 Å². The van der Waals surface area contributed by atoms with Crippen molar-refractivity contribution < 1.29 is 55.1 Å². The maximum atomic E-state index is 10.5. The molecule has 180 valence electrons. The Bertz CT molecular complexity index is 596. The molecule has 8 unspecified atom stereocenters. The lowest BCUT2D eigenvalue weighted by Crippen LogP contribution is -2.62. The van der Waals surface area contributed by atoms with Crippen LogP contribution in [0.1, 0.15) is 32.1 Å². The fourth-order valence-electron chi connectivity index (χ4n) is 5.63. The number of hydrogen-bond acceptors (Lipinski definition) is 10. The fourth-order valence-corrected chi connectivity index (χ4v) is 5.63. The third kappa shape index (κ3) is 4.78. The van der Waals surface area contributed by atoms with E-state index in [0.29, 0.717) is 12.8 Å². The minimum Gasteiger partial charge on any atom is -0.427 e. The van der Waals surface area contributed by atoms with Gasteiger partial charge in [-0.2, -0.15) is 0 Å². The largest absolute Gasteiger partial charge is 0.427 e. The smallest absolute Gasteiger partial charge is 0.186 e. The summed E-state index contributed by atoms with van der Waals surface area (Å²) in [6, 6.07) is 0. The summed E-state index contributed by atoms with van der Waals surface area (Å²) < 4.78 is 16.2. The lowest BCUT2D eigenvalue weighted by atomic mass is 9.72. The highest BCUT2D eigenvalue weighted by Crippen LogP contribution is 2.42. The molecule has 11 heteroatoms. The highest BCUT2D eigenvalue weighted by molar-refractivity contribution is 4.99. The molecule has 0 aromatic rings. The SMILES string of the molecule is OC1CC(O)C2CC(O[C@@H]3OC[C@@H](O)[C@@H](O)[C@@H]3O)C(C3CC(O)C(O)C(O)C3)[OH+]C2C1. The van der Waals surface area contributed by atoms with Gasteiger partial charge in [-0.3, -0.25) is 0 Å². The molecule has 2 saturated carbocycles. The van der Waals surface area contributed by atoms with Gasteiger partial charge >= 0.3 is 0 Å². The average Bonchev–Trinajstić information content (AvgIpc) is 2.72. The van der Waals surface area contributed by atoms with Crippen LogP contribution in [-0.4, -0.2) is 126 Å². The molecule has 0 bridgehead atoms. The molecule has 31 heavy (non-hydrogen) atoms. The molecule has 4 aliphatic rings. The highest BCUT2D eigenvalue weighted by Gasteiger charge is 2.54. The van der Waals surface area contributed by atoms with Crippen LogP contribution in [0.4, 0.5) is 0 Å². The van der Waals surface area contributed by atoms with Crippen molar-refractivity contribution in [1.82, 2.24) is 0 Å². The number of hydrogen-bond donors (Lipinski definition) is 8. The lowest BCUT2D eigenvalue weighted by Gasteiger charge is -2.48. The van der Waals surface area contributed by atoms with E-state index in [2.05, 4.69) is 0 Å². The van der Waals surface area contributed by atoms with E-state index in [1.807, 2.05) is 0 Å². The summed E-state index contributed by atoms with van der Waals surface area (Å²) in [6.07, 6.45) is -10.5. The molecule has 4 fully saturated rings. The Balaban J connectivity index is 1.54. The molecule has 0 aromatic carbocycles. The van der Waals surface area contributed by atoms with E-state index in [-0.39, 0.29) is 43.8 Å². The summed E-state index contributed by atoms with van der Waals surface area (Å²) in [6.45, 7) is -0.217. The summed E-state index contributed by atoms with van der Waals surface area (Å²) in [5.74, 6) is -0.614. The highest BCUT2D eigenvalue weighted by atomic mass is 16.7. The van der Waals surface area contributed by atoms with Crippen molar-refractivity contribution in [3.05, 3.63) is 0 Å². The van der Waals surface area contributed by atoms with Gasteiger partial charge in [0.15, 0.2) is 18.5 Å². The van der Waals surface area contributed by atoms with Crippen molar-refractivity contribution in [2.24, 2.45) is 11.8 Å². The van der Waals surface area contributed by atoms with Crippen molar-refractivity contribution in [2.75, 3.05) is 6.61 Å². The van der Waals surface area contributed by atoms with Gasteiger partial charge < -0.3 is 55.1 Å². The second-order valence-electron chi connectivity index (χ2n) is 9.58. The summed E-state index contributed by atoms with van der Waals surface area (Å²) >= 11 is 0. The Morgan fingerprint density at radius 1 is 0.677 bits per heavy atom. The summed E-state index contributed by atoms with van der Waals surface area (Å²) in [7, 11) is 0. The maximum Gasteiger partial charge on any atom is 0.186 e. The van der Waals surface area contributed by atoms with E-state index in [1.54, 1.807) is 0 Å². The molecule has 2 saturated heterocycles. The van der Waals surface area contributed by atoms with Gasteiger partial charge in [-0.05, 0) is 19.3 Å². The first-order valence-electron chi connectivity index (χ1n) is 11.1. The van der Waals surface area contributed by atoms with Gasteiger partial charge in [-0.25, -0.2) is 0 Å². The lowest BCUT2D eigenvalue weighted by molar-refractivity contribution is -0.346. The van der Waals surface area contributed by atoms with Gasteiger partial charge in [0, 0.05) is 18.8 Å². The van der Waals surface area contributed by atoms with Crippen LogP contribution in [0.25, 0.3) is 0 Å². The predicted octanol–water partition coefficient (Wildman–Crippen LogP) is -3.90. The Morgan fingerprint density at radius 3 is 2.03 bits per heavy atom. The second kappa shape index (κ2) is 9.43. The minimum absolute atomic E-state index is 0.185.